The van der Waals surface area contributed by atoms with Gasteiger partial charge in [0.05, 0.1) is 0 Å². The van der Waals surface area contributed by atoms with Crippen LogP contribution in [0.2, 0.25) is 0 Å². The molecule has 1 aromatic carbocycles. The summed E-state index contributed by atoms with van der Waals surface area (Å²) >= 11 is 0. The number of hydrogen-bond acceptors (Lipinski definition) is 1. The second-order valence-corrected chi connectivity index (χ2v) is 3.55. The van der Waals surface area contributed by atoms with Gasteiger partial charge in [-0.2, -0.15) is 0 Å². The van der Waals surface area contributed by atoms with Crippen LogP contribution in [-0.4, -0.2) is 13.6 Å². The van der Waals surface area contributed by atoms with Gasteiger partial charge in [-0.15, -0.1) is 0 Å². The molecule has 0 fully saturated rings. The fourth-order valence-electron chi connectivity index (χ4n) is 1.39. The maximum absolute atomic E-state index is 3.16. The molecule has 1 nitrogen and oxygen atoms in total. The molecule has 15 heavy (non-hydrogen) atoms. The molecule has 0 atom stereocenters. The lowest BCUT2D eigenvalue weighted by Crippen LogP contribution is -2.07. The molecule has 86 valence electrons. The van der Waals surface area contributed by atoms with E-state index in [1.54, 1.807) is 0 Å². The molecule has 0 bridgehead atoms. The van der Waals surface area contributed by atoms with Crippen LogP contribution < -0.4 is 5.32 Å². The molecule has 0 aromatic heterocycles. The molecular weight excluding hydrogens is 182 g/mol. The quantitative estimate of drug-likeness (QED) is 0.728. The van der Waals surface area contributed by atoms with Crippen LogP contribution >= 0.6 is 0 Å². The molecule has 0 aliphatic rings. The summed E-state index contributed by atoms with van der Waals surface area (Å²) < 4.78 is 0. The van der Waals surface area contributed by atoms with Crippen molar-refractivity contribution in [1.29, 1.82) is 0 Å². The summed E-state index contributed by atoms with van der Waals surface area (Å²) in [7, 11) is 2.01. The second-order valence-electron chi connectivity index (χ2n) is 3.55. The van der Waals surface area contributed by atoms with Crippen molar-refractivity contribution in [2.75, 3.05) is 13.6 Å². The van der Waals surface area contributed by atoms with Crippen molar-refractivity contribution in [3.8, 4) is 0 Å². The highest BCUT2D eigenvalue weighted by atomic mass is 14.8. The molecule has 1 aromatic rings. The zero-order valence-electron chi connectivity index (χ0n) is 10.6. The number of hydrogen-bond donors (Lipinski definition) is 1. The predicted octanol–water partition coefficient (Wildman–Crippen LogP) is 3.56. The van der Waals surface area contributed by atoms with Gasteiger partial charge in [0.15, 0.2) is 0 Å². The average molecular weight is 207 g/mol. The highest BCUT2D eigenvalue weighted by molar-refractivity contribution is 5.21. The van der Waals surface area contributed by atoms with E-state index < -0.39 is 0 Å². The topological polar surface area (TPSA) is 12.0 Å². The van der Waals surface area contributed by atoms with Crippen molar-refractivity contribution in [3.05, 3.63) is 35.4 Å². The minimum absolute atomic E-state index is 1.13. The molecule has 0 heterocycles. The van der Waals surface area contributed by atoms with E-state index in [0.717, 1.165) is 6.54 Å². The van der Waals surface area contributed by atoms with Crippen LogP contribution in [0.1, 0.15) is 37.8 Å². The van der Waals surface area contributed by atoms with Gasteiger partial charge in [-0.05, 0) is 45.3 Å². The Morgan fingerprint density at radius 1 is 1.00 bits per heavy atom. The summed E-state index contributed by atoms with van der Waals surface area (Å²) in [6.07, 6.45) is 3.76. The summed E-state index contributed by atoms with van der Waals surface area (Å²) in [5, 5.41) is 3.16. The summed E-state index contributed by atoms with van der Waals surface area (Å²) in [5.41, 5.74) is 2.81. The summed E-state index contributed by atoms with van der Waals surface area (Å²) in [5.74, 6) is 0. The maximum atomic E-state index is 3.16. The lowest BCUT2D eigenvalue weighted by Gasteiger charge is -2.01. The van der Waals surface area contributed by atoms with Gasteiger partial charge >= 0.3 is 0 Å². The van der Waals surface area contributed by atoms with E-state index in [4.69, 9.17) is 0 Å². The Morgan fingerprint density at radius 2 is 1.60 bits per heavy atom. The van der Waals surface area contributed by atoms with Gasteiger partial charge in [0.25, 0.3) is 0 Å². The number of nitrogens with one attached hydrogen (secondary N) is 1. The Labute approximate surface area is 94.9 Å². The third kappa shape index (κ3) is 7.15. The molecule has 0 saturated heterocycles. The Morgan fingerprint density at radius 3 is 2.13 bits per heavy atom. The van der Waals surface area contributed by atoms with E-state index in [1.165, 1.54) is 30.4 Å². The molecule has 1 heteroatoms. The Kier molecular flexibility index (Phi) is 9.19. The fourth-order valence-corrected chi connectivity index (χ4v) is 1.39. The van der Waals surface area contributed by atoms with E-state index in [-0.39, 0.29) is 0 Å². The van der Waals surface area contributed by atoms with Crippen LogP contribution in [-0.2, 0) is 6.42 Å². The SMILES string of the molecule is CC.CNCCCCc1ccc(C)cc1. The molecule has 0 aliphatic carbocycles. The second kappa shape index (κ2) is 9.72. The zero-order valence-corrected chi connectivity index (χ0v) is 10.6. The molecular formula is C14H25N. The van der Waals surface area contributed by atoms with Crippen molar-refractivity contribution in [2.24, 2.45) is 0 Å². The molecule has 0 aliphatic heterocycles. The molecule has 0 radical (unpaired) electrons. The molecule has 0 unspecified atom stereocenters. The van der Waals surface area contributed by atoms with Crippen LogP contribution in [0.4, 0.5) is 0 Å². The van der Waals surface area contributed by atoms with Crippen molar-refractivity contribution >= 4 is 0 Å². The number of benzene rings is 1. The highest BCUT2D eigenvalue weighted by Gasteiger charge is 1.92. The Hall–Kier alpha value is -0.820. The van der Waals surface area contributed by atoms with Gasteiger partial charge in [-0.1, -0.05) is 43.7 Å². The Bertz CT molecular complexity index is 226. The van der Waals surface area contributed by atoms with Crippen LogP contribution in [0.5, 0.6) is 0 Å². The average Bonchev–Trinajstić information content (AvgIpc) is 2.30. The summed E-state index contributed by atoms with van der Waals surface area (Å²) in [4.78, 5) is 0. The fraction of sp³-hybridized carbons (Fsp3) is 0.571. The van der Waals surface area contributed by atoms with E-state index >= 15 is 0 Å². The number of rotatable bonds is 5. The third-order valence-corrected chi connectivity index (χ3v) is 2.26. The van der Waals surface area contributed by atoms with Gasteiger partial charge < -0.3 is 5.32 Å². The van der Waals surface area contributed by atoms with E-state index in [2.05, 4.69) is 36.5 Å². The first-order valence-corrected chi connectivity index (χ1v) is 6.03. The minimum Gasteiger partial charge on any atom is -0.320 e. The number of aryl methyl sites for hydroxylation is 2. The standard InChI is InChI=1S/C12H19N.C2H6/c1-11-6-8-12(9-7-11)5-3-4-10-13-2;1-2/h6-9,13H,3-5,10H2,1-2H3;1-2H3. The van der Waals surface area contributed by atoms with Crippen molar-refractivity contribution in [1.82, 2.24) is 5.32 Å². The van der Waals surface area contributed by atoms with Crippen molar-refractivity contribution in [3.63, 3.8) is 0 Å². The summed E-state index contributed by atoms with van der Waals surface area (Å²) in [6, 6.07) is 8.84. The molecule has 1 rings (SSSR count). The Balaban J connectivity index is 0.000000921. The monoisotopic (exact) mass is 207 g/mol. The van der Waals surface area contributed by atoms with E-state index in [9.17, 15) is 0 Å². The van der Waals surface area contributed by atoms with E-state index in [1.807, 2.05) is 20.9 Å². The molecule has 1 N–H and O–H groups in total. The van der Waals surface area contributed by atoms with Crippen molar-refractivity contribution in [2.45, 2.75) is 40.0 Å². The first-order chi connectivity index (χ1) is 7.33. The zero-order chi connectivity index (χ0) is 11.5. The first kappa shape index (κ1) is 14.2. The largest absolute Gasteiger partial charge is 0.320 e. The lowest BCUT2D eigenvalue weighted by molar-refractivity contribution is 0.677. The number of unbranched alkanes of at least 4 members (excludes halogenated alkanes) is 1. The maximum Gasteiger partial charge on any atom is -0.00518 e. The van der Waals surface area contributed by atoms with Crippen molar-refractivity contribution < 1.29 is 0 Å². The van der Waals surface area contributed by atoms with E-state index in [0.29, 0.717) is 0 Å². The highest BCUT2D eigenvalue weighted by Crippen LogP contribution is 2.06. The molecule has 0 amide bonds. The van der Waals surface area contributed by atoms with Gasteiger partial charge in [0.1, 0.15) is 0 Å². The smallest absolute Gasteiger partial charge is 0.00518 e. The summed E-state index contributed by atoms with van der Waals surface area (Å²) in [6.45, 7) is 7.26. The van der Waals surface area contributed by atoms with Crippen LogP contribution in [0.3, 0.4) is 0 Å². The van der Waals surface area contributed by atoms with Gasteiger partial charge in [-0.25, -0.2) is 0 Å². The van der Waals surface area contributed by atoms with Crippen LogP contribution in [0, 0.1) is 6.92 Å². The van der Waals surface area contributed by atoms with Crippen LogP contribution in [0.15, 0.2) is 24.3 Å². The predicted molar refractivity (Wildman–Crippen MR) is 69.4 cm³/mol. The first-order valence-electron chi connectivity index (χ1n) is 6.03. The third-order valence-electron chi connectivity index (χ3n) is 2.26. The van der Waals surface area contributed by atoms with Gasteiger partial charge in [-0.3, -0.25) is 0 Å². The molecule has 0 spiro atoms. The minimum atomic E-state index is 1.13. The molecule has 0 saturated carbocycles. The van der Waals surface area contributed by atoms with Crippen LogP contribution in [0.25, 0.3) is 0 Å². The lowest BCUT2D eigenvalue weighted by atomic mass is 10.1. The van der Waals surface area contributed by atoms with Gasteiger partial charge in [0, 0.05) is 0 Å². The normalized spacial score (nSPS) is 9.33. The van der Waals surface area contributed by atoms with Gasteiger partial charge in [0.2, 0.25) is 0 Å².